The predicted molar refractivity (Wildman–Crippen MR) is 58.3 cm³/mol. The first-order chi connectivity index (χ1) is 6.73. The van der Waals surface area contributed by atoms with Crippen molar-refractivity contribution in [2.75, 3.05) is 7.11 Å². The molecule has 0 amide bonds. The van der Waals surface area contributed by atoms with Crippen LogP contribution in [0.2, 0.25) is 0 Å². The zero-order valence-corrected chi connectivity index (χ0v) is 9.03. The Morgan fingerprint density at radius 2 is 1.79 bits per heavy atom. The number of rotatable bonds is 3. The highest BCUT2D eigenvalue weighted by Gasteiger charge is 2.22. The summed E-state index contributed by atoms with van der Waals surface area (Å²) in [5.74, 6) is 0. The Morgan fingerprint density at radius 3 is 2.14 bits per heavy atom. The average Bonchev–Trinajstić information content (AvgIpc) is 2.32. The second-order valence-corrected chi connectivity index (χ2v) is 3.25. The van der Waals surface area contributed by atoms with Gasteiger partial charge in [-0.2, -0.15) is 0 Å². The summed E-state index contributed by atoms with van der Waals surface area (Å²) >= 11 is 0. The monoisotopic (exact) mass is 194 g/mol. The van der Waals surface area contributed by atoms with E-state index in [2.05, 4.69) is 0 Å². The Bertz CT molecular complexity index is 256. The van der Waals surface area contributed by atoms with Crippen LogP contribution in [-0.2, 0) is 10.2 Å². The molecule has 0 saturated heterocycles. The number of benzene rings is 1. The zero-order chi connectivity index (χ0) is 11.0. The molecule has 1 N–H and O–H groups in total. The molecule has 0 bridgehead atoms. The van der Waals surface area contributed by atoms with Crippen molar-refractivity contribution in [3.05, 3.63) is 35.9 Å². The van der Waals surface area contributed by atoms with Gasteiger partial charge in [0.1, 0.15) is 6.29 Å². The normalized spacial score (nSPS) is 13.4. The third-order valence-corrected chi connectivity index (χ3v) is 2.43. The average molecular weight is 194 g/mol. The molecule has 0 radical (unpaired) electrons. The number of aldehydes is 1. The third kappa shape index (κ3) is 2.96. The van der Waals surface area contributed by atoms with Crippen LogP contribution in [-0.4, -0.2) is 18.5 Å². The van der Waals surface area contributed by atoms with Gasteiger partial charge in [0.2, 0.25) is 0 Å². The maximum absolute atomic E-state index is 10.9. The van der Waals surface area contributed by atoms with Crippen LogP contribution in [0.5, 0.6) is 0 Å². The Hall–Kier alpha value is -1.15. The molecule has 2 heteroatoms. The van der Waals surface area contributed by atoms with E-state index in [9.17, 15) is 4.79 Å². The highest BCUT2D eigenvalue weighted by Crippen LogP contribution is 2.24. The molecule has 0 aliphatic carbocycles. The summed E-state index contributed by atoms with van der Waals surface area (Å²) in [4.78, 5) is 10.9. The van der Waals surface area contributed by atoms with Crippen molar-refractivity contribution >= 4 is 6.29 Å². The predicted octanol–water partition coefficient (Wildman–Crippen LogP) is 2.16. The van der Waals surface area contributed by atoms with Gasteiger partial charge in [0, 0.05) is 12.5 Å². The molecule has 0 aliphatic rings. The van der Waals surface area contributed by atoms with Crippen LogP contribution >= 0.6 is 0 Å². The largest absolute Gasteiger partial charge is 0.400 e. The minimum Gasteiger partial charge on any atom is -0.400 e. The lowest BCUT2D eigenvalue weighted by Gasteiger charge is -2.20. The molecule has 78 valence electrons. The fraction of sp³-hybridized carbons (Fsp3) is 0.417. The lowest BCUT2D eigenvalue weighted by molar-refractivity contribution is -0.112. The molecule has 14 heavy (non-hydrogen) atoms. The highest BCUT2D eigenvalue weighted by atomic mass is 16.2. The summed E-state index contributed by atoms with van der Waals surface area (Å²) in [5, 5.41) is 7.00. The Kier molecular flexibility index (Phi) is 5.81. The summed E-state index contributed by atoms with van der Waals surface area (Å²) in [6, 6.07) is 9.89. The van der Waals surface area contributed by atoms with Crippen LogP contribution in [0.25, 0.3) is 0 Å². The molecule has 0 spiro atoms. The van der Waals surface area contributed by atoms with Crippen molar-refractivity contribution in [1.29, 1.82) is 0 Å². The van der Waals surface area contributed by atoms with Gasteiger partial charge < -0.3 is 9.90 Å². The maximum Gasteiger partial charge on any atom is 0.130 e. The summed E-state index contributed by atoms with van der Waals surface area (Å²) in [6.07, 6.45) is 1.88. The van der Waals surface area contributed by atoms with E-state index in [4.69, 9.17) is 5.11 Å². The SMILES string of the molecule is CCC(C)(C=O)c1ccccc1.CO. The fourth-order valence-corrected chi connectivity index (χ4v) is 1.17. The van der Waals surface area contributed by atoms with Gasteiger partial charge in [0.15, 0.2) is 0 Å². The number of aliphatic hydroxyl groups excluding tert-OH is 1. The van der Waals surface area contributed by atoms with Crippen LogP contribution in [0, 0.1) is 0 Å². The van der Waals surface area contributed by atoms with Gasteiger partial charge in [-0.05, 0) is 18.9 Å². The van der Waals surface area contributed by atoms with E-state index in [1.54, 1.807) is 0 Å². The molecule has 2 nitrogen and oxygen atoms in total. The van der Waals surface area contributed by atoms with Crippen LogP contribution in [0.15, 0.2) is 30.3 Å². The first-order valence-corrected chi connectivity index (χ1v) is 4.69. The highest BCUT2D eigenvalue weighted by molar-refractivity contribution is 5.67. The molecular formula is C12H18O2. The van der Waals surface area contributed by atoms with Crippen LogP contribution in [0.3, 0.4) is 0 Å². The van der Waals surface area contributed by atoms with E-state index in [1.165, 1.54) is 0 Å². The summed E-state index contributed by atoms with van der Waals surface area (Å²) < 4.78 is 0. The number of hydrogen-bond acceptors (Lipinski definition) is 2. The molecule has 1 aromatic carbocycles. The second kappa shape index (κ2) is 6.33. The molecule has 1 atom stereocenters. The molecule has 1 aromatic rings. The quantitative estimate of drug-likeness (QED) is 0.749. The van der Waals surface area contributed by atoms with Gasteiger partial charge in [0.25, 0.3) is 0 Å². The van der Waals surface area contributed by atoms with Crippen LogP contribution in [0.1, 0.15) is 25.8 Å². The van der Waals surface area contributed by atoms with E-state index in [1.807, 2.05) is 44.2 Å². The smallest absolute Gasteiger partial charge is 0.130 e. The summed E-state index contributed by atoms with van der Waals surface area (Å²) in [7, 11) is 1.00. The van der Waals surface area contributed by atoms with E-state index in [-0.39, 0.29) is 5.41 Å². The van der Waals surface area contributed by atoms with Crippen molar-refractivity contribution in [3.8, 4) is 0 Å². The topological polar surface area (TPSA) is 37.3 Å². The fourth-order valence-electron chi connectivity index (χ4n) is 1.17. The van der Waals surface area contributed by atoms with Gasteiger partial charge >= 0.3 is 0 Å². The number of aliphatic hydroxyl groups is 1. The second-order valence-electron chi connectivity index (χ2n) is 3.25. The van der Waals surface area contributed by atoms with Crippen LogP contribution in [0.4, 0.5) is 0 Å². The van der Waals surface area contributed by atoms with Gasteiger partial charge in [-0.25, -0.2) is 0 Å². The van der Waals surface area contributed by atoms with Gasteiger partial charge in [0.05, 0.1) is 0 Å². The van der Waals surface area contributed by atoms with Crippen molar-refractivity contribution in [2.45, 2.75) is 25.7 Å². The summed E-state index contributed by atoms with van der Waals surface area (Å²) in [5.41, 5.74) is 0.795. The van der Waals surface area contributed by atoms with E-state index < -0.39 is 0 Å². The molecular weight excluding hydrogens is 176 g/mol. The minimum absolute atomic E-state index is 0.304. The maximum atomic E-state index is 10.9. The molecule has 0 fully saturated rings. The van der Waals surface area contributed by atoms with Gasteiger partial charge in [-0.15, -0.1) is 0 Å². The van der Waals surface area contributed by atoms with Crippen molar-refractivity contribution in [3.63, 3.8) is 0 Å². The number of hydrogen-bond donors (Lipinski definition) is 1. The van der Waals surface area contributed by atoms with Crippen LogP contribution < -0.4 is 0 Å². The Morgan fingerprint density at radius 1 is 1.29 bits per heavy atom. The first kappa shape index (κ1) is 12.8. The van der Waals surface area contributed by atoms with Gasteiger partial charge in [-0.1, -0.05) is 37.3 Å². The van der Waals surface area contributed by atoms with Crippen molar-refractivity contribution in [2.24, 2.45) is 0 Å². The standard InChI is InChI=1S/C11H14O.CH4O/c1-3-11(2,9-12)10-7-5-4-6-8-10;1-2/h4-9H,3H2,1-2H3;2H,1H3. The van der Waals surface area contributed by atoms with E-state index in [0.29, 0.717) is 0 Å². The number of carbonyl (C=O) groups is 1. The molecule has 1 rings (SSSR count). The number of carbonyl (C=O) groups excluding carboxylic acids is 1. The lowest BCUT2D eigenvalue weighted by atomic mass is 9.82. The molecule has 0 aliphatic heterocycles. The molecule has 0 heterocycles. The molecule has 1 unspecified atom stereocenters. The third-order valence-electron chi connectivity index (χ3n) is 2.43. The minimum atomic E-state index is -0.304. The van der Waals surface area contributed by atoms with Crippen molar-refractivity contribution in [1.82, 2.24) is 0 Å². The Balaban J connectivity index is 0.000000791. The first-order valence-electron chi connectivity index (χ1n) is 4.69. The molecule has 0 aromatic heterocycles. The summed E-state index contributed by atoms with van der Waals surface area (Å²) in [6.45, 7) is 4.00. The van der Waals surface area contributed by atoms with Gasteiger partial charge in [-0.3, -0.25) is 0 Å². The van der Waals surface area contributed by atoms with Crippen molar-refractivity contribution < 1.29 is 9.90 Å². The van der Waals surface area contributed by atoms with E-state index >= 15 is 0 Å². The zero-order valence-electron chi connectivity index (χ0n) is 9.03. The van der Waals surface area contributed by atoms with E-state index in [0.717, 1.165) is 25.4 Å². The lowest BCUT2D eigenvalue weighted by Crippen LogP contribution is -2.22. The molecule has 0 saturated carbocycles. The Labute approximate surface area is 85.6 Å².